The number of benzene rings is 1. The van der Waals surface area contributed by atoms with E-state index in [2.05, 4.69) is 33.5 Å². The molecular formula is C25H25N3O3S. The molecule has 2 atom stereocenters. The second-order valence-electron chi connectivity index (χ2n) is 8.36. The van der Waals surface area contributed by atoms with Gasteiger partial charge in [-0.3, -0.25) is 4.79 Å². The molecule has 1 saturated carbocycles. The third kappa shape index (κ3) is 4.31. The number of oxazole rings is 1. The maximum Gasteiger partial charge on any atom is 0.270 e. The minimum absolute atomic E-state index is 0.201. The van der Waals surface area contributed by atoms with E-state index in [1.165, 1.54) is 11.3 Å². The molecule has 0 unspecified atom stereocenters. The Bertz CT molecular complexity index is 1250. The topological polar surface area (TPSA) is 88.2 Å². The molecule has 5 rings (SSSR count). The molecule has 6 nitrogen and oxygen atoms in total. The fourth-order valence-corrected chi connectivity index (χ4v) is 5.12. The van der Waals surface area contributed by atoms with Crippen LogP contribution in [0.4, 0.5) is 0 Å². The van der Waals surface area contributed by atoms with Crippen LogP contribution in [0.3, 0.4) is 0 Å². The number of hydrogen-bond acceptors (Lipinski definition) is 6. The lowest BCUT2D eigenvalue weighted by Gasteiger charge is -2.28. The molecule has 4 aromatic rings. The van der Waals surface area contributed by atoms with Gasteiger partial charge in [-0.25, -0.2) is 9.97 Å². The Kier molecular flexibility index (Phi) is 5.76. The molecule has 0 spiro atoms. The van der Waals surface area contributed by atoms with Crippen LogP contribution in [0, 0.1) is 6.92 Å². The summed E-state index contributed by atoms with van der Waals surface area (Å²) in [6.07, 6.45) is 5.44. The first-order chi connectivity index (χ1) is 15.6. The number of hydrogen-bond donors (Lipinski definition) is 2. The van der Waals surface area contributed by atoms with Gasteiger partial charge in [0.25, 0.3) is 5.91 Å². The SMILES string of the molecule is Cc1nc(-c2ccc(Cc3cc(C(=O)N[C@H]4CCCC[C@@H]4O)nc4sccc34)cc2)co1. The van der Waals surface area contributed by atoms with E-state index in [9.17, 15) is 9.90 Å². The van der Waals surface area contributed by atoms with Crippen LogP contribution in [-0.2, 0) is 6.42 Å². The van der Waals surface area contributed by atoms with Crippen molar-refractivity contribution in [3.05, 3.63) is 70.8 Å². The first-order valence-corrected chi connectivity index (χ1v) is 11.8. The van der Waals surface area contributed by atoms with Gasteiger partial charge in [0.2, 0.25) is 0 Å². The van der Waals surface area contributed by atoms with E-state index < -0.39 is 6.10 Å². The smallest absolute Gasteiger partial charge is 0.270 e. The van der Waals surface area contributed by atoms with Gasteiger partial charge in [-0.2, -0.15) is 0 Å². The van der Waals surface area contributed by atoms with Crippen molar-refractivity contribution < 1.29 is 14.3 Å². The quantitative estimate of drug-likeness (QED) is 0.455. The average Bonchev–Trinajstić information content (AvgIpc) is 3.45. The number of aromatic nitrogens is 2. The van der Waals surface area contributed by atoms with Gasteiger partial charge < -0.3 is 14.8 Å². The molecule has 0 saturated heterocycles. The summed E-state index contributed by atoms with van der Waals surface area (Å²) in [5.41, 5.74) is 4.44. The Morgan fingerprint density at radius 3 is 2.75 bits per heavy atom. The summed E-state index contributed by atoms with van der Waals surface area (Å²) in [7, 11) is 0. The number of carbonyl (C=O) groups excluding carboxylic acids is 1. The highest BCUT2D eigenvalue weighted by atomic mass is 32.1. The van der Waals surface area contributed by atoms with Crippen molar-refractivity contribution in [2.45, 2.75) is 51.2 Å². The fraction of sp³-hybridized carbons (Fsp3) is 0.320. The van der Waals surface area contributed by atoms with Gasteiger partial charge in [0.15, 0.2) is 5.89 Å². The molecule has 1 aliphatic rings. The van der Waals surface area contributed by atoms with E-state index in [-0.39, 0.29) is 11.9 Å². The van der Waals surface area contributed by atoms with Crippen LogP contribution in [0.15, 0.2) is 52.5 Å². The van der Waals surface area contributed by atoms with E-state index >= 15 is 0 Å². The van der Waals surface area contributed by atoms with Crippen LogP contribution in [0.1, 0.15) is 53.2 Å². The number of aliphatic hydroxyl groups excluding tert-OH is 1. The van der Waals surface area contributed by atoms with Crippen molar-refractivity contribution in [3.63, 3.8) is 0 Å². The van der Waals surface area contributed by atoms with Gasteiger partial charge >= 0.3 is 0 Å². The summed E-state index contributed by atoms with van der Waals surface area (Å²) in [5, 5.41) is 16.3. The van der Waals surface area contributed by atoms with E-state index in [0.717, 1.165) is 58.3 Å². The number of amides is 1. The molecule has 3 aromatic heterocycles. The number of rotatable bonds is 5. The zero-order valence-electron chi connectivity index (χ0n) is 17.9. The molecule has 2 N–H and O–H groups in total. The van der Waals surface area contributed by atoms with Crippen molar-refractivity contribution in [1.82, 2.24) is 15.3 Å². The number of nitrogens with one attached hydrogen (secondary N) is 1. The lowest BCUT2D eigenvalue weighted by Crippen LogP contribution is -2.45. The zero-order valence-corrected chi connectivity index (χ0v) is 18.7. The Labute approximate surface area is 190 Å². The second-order valence-corrected chi connectivity index (χ2v) is 9.26. The maximum absolute atomic E-state index is 12.9. The minimum Gasteiger partial charge on any atom is -0.449 e. The van der Waals surface area contributed by atoms with Crippen molar-refractivity contribution in [1.29, 1.82) is 0 Å². The average molecular weight is 448 g/mol. The van der Waals surface area contributed by atoms with Gasteiger partial charge in [-0.05, 0) is 47.9 Å². The molecular weight excluding hydrogens is 422 g/mol. The zero-order chi connectivity index (χ0) is 22.1. The Morgan fingerprint density at radius 2 is 2.00 bits per heavy atom. The van der Waals surface area contributed by atoms with Crippen LogP contribution in [0.2, 0.25) is 0 Å². The van der Waals surface area contributed by atoms with E-state index in [0.29, 0.717) is 18.0 Å². The molecule has 0 radical (unpaired) electrons. The summed E-state index contributed by atoms with van der Waals surface area (Å²) in [6, 6.07) is 12.0. The van der Waals surface area contributed by atoms with Crippen molar-refractivity contribution in [2.75, 3.05) is 0 Å². The molecule has 1 amide bonds. The third-order valence-electron chi connectivity index (χ3n) is 6.07. The summed E-state index contributed by atoms with van der Waals surface area (Å²) < 4.78 is 5.31. The summed E-state index contributed by atoms with van der Waals surface area (Å²) in [4.78, 5) is 22.8. The number of carbonyl (C=O) groups is 1. The molecule has 0 bridgehead atoms. The third-order valence-corrected chi connectivity index (χ3v) is 6.87. The number of nitrogens with zero attached hydrogens (tertiary/aromatic N) is 2. The highest BCUT2D eigenvalue weighted by Gasteiger charge is 2.25. The van der Waals surface area contributed by atoms with Gasteiger partial charge in [0.05, 0.1) is 12.1 Å². The number of aryl methyl sites for hydroxylation is 1. The summed E-state index contributed by atoms with van der Waals surface area (Å²) in [5.74, 6) is 0.427. The van der Waals surface area contributed by atoms with E-state index in [4.69, 9.17) is 4.42 Å². The van der Waals surface area contributed by atoms with Gasteiger partial charge in [-0.15, -0.1) is 11.3 Å². The second kappa shape index (κ2) is 8.84. The number of aliphatic hydroxyl groups is 1. The van der Waals surface area contributed by atoms with Crippen LogP contribution >= 0.6 is 11.3 Å². The van der Waals surface area contributed by atoms with E-state index in [1.54, 1.807) is 6.26 Å². The monoisotopic (exact) mass is 447 g/mol. The summed E-state index contributed by atoms with van der Waals surface area (Å²) in [6.45, 7) is 1.83. The standard InChI is InChI=1S/C25H25N3O3S/c1-15-26-22(14-31-15)17-8-6-16(7-9-17)12-18-13-21(28-25-19(18)10-11-32-25)24(30)27-20-4-2-3-5-23(20)29/h6-11,13-14,20,23,29H,2-5,12H2,1H3,(H,27,30)/t20-,23-/m0/s1. The first-order valence-electron chi connectivity index (χ1n) is 10.9. The Balaban J connectivity index is 1.39. The van der Waals surface area contributed by atoms with Gasteiger partial charge in [-0.1, -0.05) is 37.1 Å². The Morgan fingerprint density at radius 1 is 1.19 bits per heavy atom. The number of pyridine rings is 1. The lowest BCUT2D eigenvalue weighted by atomic mass is 9.92. The predicted octanol–water partition coefficient (Wildman–Crippen LogP) is 4.88. The molecule has 1 aliphatic carbocycles. The predicted molar refractivity (Wildman–Crippen MR) is 125 cm³/mol. The molecule has 164 valence electrons. The number of thiophene rings is 1. The minimum atomic E-state index is -0.482. The van der Waals surface area contributed by atoms with Crippen LogP contribution < -0.4 is 5.32 Å². The molecule has 1 aromatic carbocycles. The molecule has 32 heavy (non-hydrogen) atoms. The maximum atomic E-state index is 12.9. The van der Waals surface area contributed by atoms with Gasteiger partial charge in [0, 0.05) is 17.9 Å². The van der Waals surface area contributed by atoms with E-state index in [1.807, 2.05) is 30.5 Å². The van der Waals surface area contributed by atoms with Crippen LogP contribution in [-0.4, -0.2) is 33.1 Å². The molecule has 7 heteroatoms. The van der Waals surface area contributed by atoms with Crippen molar-refractivity contribution in [2.24, 2.45) is 0 Å². The first kappa shape index (κ1) is 20.8. The van der Waals surface area contributed by atoms with Crippen molar-refractivity contribution >= 4 is 27.5 Å². The normalized spacial score (nSPS) is 18.7. The highest BCUT2D eigenvalue weighted by molar-refractivity contribution is 7.16. The molecule has 0 aliphatic heterocycles. The van der Waals surface area contributed by atoms with Crippen molar-refractivity contribution in [3.8, 4) is 11.3 Å². The lowest BCUT2D eigenvalue weighted by molar-refractivity contribution is 0.0714. The largest absolute Gasteiger partial charge is 0.449 e. The number of fused-ring (bicyclic) bond motifs is 1. The molecule has 1 fully saturated rings. The highest BCUT2D eigenvalue weighted by Crippen LogP contribution is 2.27. The fourth-order valence-electron chi connectivity index (χ4n) is 4.31. The van der Waals surface area contributed by atoms with Crippen LogP contribution in [0.5, 0.6) is 0 Å². The van der Waals surface area contributed by atoms with Gasteiger partial charge in [0.1, 0.15) is 22.5 Å². The Hall–Kier alpha value is -3.03. The van der Waals surface area contributed by atoms with Crippen LogP contribution in [0.25, 0.3) is 21.5 Å². The summed E-state index contributed by atoms with van der Waals surface area (Å²) >= 11 is 1.53. The molecule has 3 heterocycles.